The highest BCUT2D eigenvalue weighted by molar-refractivity contribution is 6.31. The largest absolute Gasteiger partial charge is 0.379 e. The lowest BCUT2D eigenvalue weighted by atomic mass is 9.82. The fourth-order valence-electron chi connectivity index (χ4n) is 4.23. The van der Waals surface area contributed by atoms with Gasteiger partial charge in [0.2, 0.25) is 0 Å². The van der Waals surface area contributed by atoms with E-state index in [1.54, 1.807) is 0 Å². The van der Waals surface area contributed by atoms with Gasteiger partial charge in [0.15, 0.2) is 5.78 Å². The lowest BCUT2D eigenvalue weighted by Gasteiger charge is -2.36. The van der Waals surface area contributed by atoms with Gasteiger partial charge < -0.3 is 10.2 Å². The van der Waals surface area contributed by atoms with E-state index in [4.69, 9.17) is 11.6 Å². The normalized spacial score (nSPS) is 21.5. The Hall–Kier alpha value is -1.32. The predicted octanol–water partition coefficient (Wildman–Crippen LogP) is 4.82. The molecule has 1 heterocycles. The van der Waals surface area contributed by atoms with Crippen molar-refractivity contribution in [1.29, 1.82) is 0 Å². The summed E-state index contributed by atoms with van der Waals surface area (Å²) in [5.41, 5.74) is 4.34. The number of carbonyl (C=O) groups excluding carboxylic acids is 1. The average Bonchev–Trinajstić information content (AvgIpc) is 2.55. The van der Waals surface area contributed by atoms with Gasteiger partial charge in [-0.3, -0.25) is 4.79 Å². The molecular weight excluding hydrogens is 344 g/mol. The van der Waals surface area contributed by atoms with E-state index in [2.05, 4.69) is 36.2 Å². The minimum Gasteiger partial charge on any atom is -0.379 e. The Bertz CT molecular complexity index is 715. The number of allylic oxidation sites excluding steroid dienone is 1. The summed E-state index contributed by atoms with van der Waals surface area (Å²) in [4.78, 5) is 15.0. The van der Waals surface area contributed by atoms with Crippen molar-refractivity contribution in [2.24, 2.45) is 5.92 Å². The number of nitrogens with zero attached hydrogens (tertiary/aromatic N) is 1. The summed E-state index contributed by atoms with van der Waals surface area (Å²) in [5.74, 6) is 0.472. The van der Waals surface area contributed by atoms with Crippen LogP contribution in [0, 0.1) is 5.92 Å². The zero-order valence-corrected chi connectivity index (χ0v) is 17.2. The van der Waals surface area contributed by atoms with Crippen LogP contribution in [0.3, 0.4) is 0 Å². The number of ketones is 1. The number of carbonyl (C=O) groups is 1. The Labute approximate surface area is 162 Å². The fraction of sp³-hybridized carbons (Fsp3) is 0.591. The molecule has 3 nitrogen and oxygen atoms in total. The van der Waals surface area contributed by atoms with Crippen molar-refractivity contribution in [2.45, 2.75) is 64.5 Å². The first-order valence-electron chi connectivity index (χ1n) is 9.75. The van der Waals surface area contributed by atoms with Gasteiger partial charge in [-0.25, -0.2) is 0 Å². The van der Waals surface area contributed by atoms with Crippen LogP contribution in [0.5, 0.6) is 0 Å². The first kappa shape index (κ1) is 19.4. The van der Waals surface area contributed by atoms with Gasteiger partial charge in [-0.15, -0.1) is 0 Å². The van der Waals surface area contributed by atoms with E-state index < -0.39 is 0 Å². The van der Waals surface area contributed by atoms with Crippen molar-refractivity contribution < 1.29 is 4.79 Å². The van der Waals surface area contributed by atoms with E-state index in [9.17, 15) is 4.79 Å². The van der Waals surface area contributed by atoms with Crippen molar-refractivity contribution in [3.63, 3.8) is 0 Å². The zero-order valence-electron chi connectivity index (χ0n) is 16.5. The highest BCUT2D eigenvalue weighted by atomic mass is 35.5. The third-order valence-corrected chi connectivity index (χ3v) is 5.80. The van der Waals surface area contributed by atoms with Crippen molar-refractivity contribution in [3.05, 3.63) is 39.9 Å². The molecule has 0 amide bonds. The van der Waals surface area contributed by atoms with Crippen molar-refractivity contribution in [1.82, 2.24) is 10.2 Å². The summed E-state index contributed by atoms with van der Waals surface area (Å²) in [5, 5.41) is 4.42. The van der Waals surface area contributed by atoms with Crippen LogP contribution in [0.2, 0.25) is 5.02 Å². The molecule has 0 atom stereocenters. The zero-order chi connectivity index (χ0) is 18.9. The molecule has 26 heavy (non-hydrogen) atoms. The molecule has 3 rings (SSSR count). The maximum Gasteiger partial charge on any atom is 0.160 e. The summed E-state index contributed by atoms with van der Waals surface area (Å²) < 4.78 is 0. The molecule has 1 aromatic rings. The molecule has 1 saturated carbocycles. The Morgan fingerprint density at radius 2 is 1.96 bits per heavy atom. The molecule has 0 saturated heterocycles. The van der Waals surface area contributed by atoms with Crippen molar-refractivity contribution in [3.8, 4) is 0 Å². The van der Waals surface area contributed by atoms with E-state index in [0.29, 0.717) is 0 Å². The molecule has 0 radical (unpaired) electrons. The van der Waals surface area contributed by atoms with Gasteiger partial charge in [0.1, 0.15) is 0 Å². The second kappa shape index (κ2) is 7.74. The highest BCUT2D eigenvalue weighted by Crippen LogP contribution is 2.34. The molecule has 1 aromatic carbocycles. The maximum absolute atomic E-state index is 12.9. The van der Waals surface area contributed by atoms with Crippen LogP contribution in [0.1, 0.15) is 62.6 Å². The van der Waals surface area contributed by atoms with E-state index in [1.165, 1.54) is 24.8 Å². The van der Waals surface area contributed by atoms with Gasteiger partial charge in [-0.05, 0) is 70.5 Å². The van der Waals surface area contributed by atoms with E-state index in [0.717, 1.165) is 47.7 Å². The van der Waals surface area contributed by atoms with Crippen LogP contribution in [0.15, 0.2) is 18.2 Å². The monoisotopic (exact) mass is 374 g/mol. The number of rotatable bonds is 4. The van der Waals surface area contributed by atoms with Crippen LogP contribution in [0.25, 0.3) is 5.70 Å². The average molecular weight is 375 g/mol. The van der Waals surface area contributed by atoms with Crippen LogP contribution in [0.4, 0.5) is 0 Å². The van der Waals surface area contributed by atoms with Gasteiger partial charge in [-0.2, -0.15) is 0 Å². The molecule has 142 valence electrons. The summed E-state index contributed by atoms with van der Waals surface area (Å²) in [6, 6.07) is 4.26. The lowest BCUT2D eigenvalue weighted by molar-refractivity contribution is -0.119. The molecule has 0 unspecified atom stereocenters. The highest BCUT2D eigenvalue weighted by Gasteiger charge is 2.30. The number of hydrogen-bond acceptors (Lipinski definition) is 3. The molecule has 0 bridgehead atoms. The lowest BCUT2D eigenvalue weighted by Crippen LogP contribution is -2.44. The number of fused-ring (bicyclic) bond motifs is 1. The molecule has 1 aliphatic carbocycles. The predicted molar refractivity (Wildman–Crippen MR) is 109 cm³/mol. The van der Waals surface area contributed by atoms with Gasteiger partial charge in [-0.1, -0.05) is 30.9 Å². The molecule has 1 aliphatic heterocycles. The molecule has 0 aromatic heterocycles. The summed E-state index contributed by atoms with van der Waals surface area (Å²) in [6.45, 7) is 5.15. The van der Waals surface area contributed by atoms with E-state index >= 15 is 0 Å². The first-order chi connectivity index (χ1) is 12.2. The minimum atomic E-state index is -0.0852. The van der Waals surface area contributed by atoms with E-state index in [-0.39, 0.29) is 17.2 Å². The fourth-order valence-corrected chi connectivity index (χ4v) is 4.48. The summed E-state index contributed by atoms with van der Waals surface area (Å²) >= 11 is 6.54. The quantitative estimate of drug-likeness (QED) is 0.767. The van der Waals surface area contributed by atoms with Crippen LogP contribution in [-0.4, -0.2) is 30.3 Å². The molecule has 4 heteroatoms. The van der Waals surface area contributed by atoms with Gasteiger partial charge in [0.05, 0.1) is 0 Å². The van der Waals surface area contributed by atoms with Gasteiger partial charge in [0.25, 0.3) is 0 Å². The number of hydrogen-bond donors (Lipinski definition) is 1. The Morgan fingerprint density at radius 1 is 1.27 bits per heavy atom. The second-order valence-corrected chi connectivity index (χ2v) is 9.23. The SMILES string of the molecule is CN(C)Cc1cc2c(cc1Cl)CC(C)(C)N/C2=C\C(=O)C1CCCCC1. The third kappa shape index (κ3) is 4.50. The molecule has 0 spiro atoms. The van der Waals surface area contributed by atoms with Crippen LogP contribution in [-0.2, 0) is 17.8 Å². The van der Waals surface area contributed by atoms with Gasteiger partial charge in [0, 0.05) is 40.4 Å². The van der Waals surface area contributed by atoms with Crippen molar-refractivity contribution in [2.75, 3.05) is 14.1 Å². The Morgan fingerprint density at radius 3 is 2.62 bits per heavy atom. The Kier molecular flexibility index (Phi) is 5.78. The van der Waals surface area contributed by atoms with Crippen molar-refractivity contribution >= 4 is 23.1 Å². The minimum absolute atomic E-state index is 0.0852. The number of benzene rings is 1. The van der Waals surface area contributed by atoms with Crippen LogP contribution >= 0.6 is 11.6 Å². The standard InChI is InChI=1S/C22H31ClN2O/c1-22(2)13-16-11-19(23)17(14-25(3)4)10-18(16)20(24-22)12-21(26)15-8-6-5-7-9-15/h10-12,15,24H,5-9,13-14H2,1-4H3/b20-12-. The smallest absolute Gasteiger partial charge is 0.160 e. The molecule has 1 N–H and O–H groups in total. The van der Waals surface area contributed by atoms with E-state index in [1.807, 2.05) is 20.2 Å². The molecule has 1 fully saturated rings. The third-order valence-electron chi connectivity index (χ3n) is 5.45. The molecular formula is C22H31ClN2O. The summed E-state index contributed by atoms with van der Waals surface area (Å²) in [7, 11) is 4.08. The first-order valence-corrected chi connectivity index (χ1v) is 10.1. The summed E-state index contributed by atoms with van der Waals surface area (Å²) in [6.07, 6.45) is 8.45. The second-order valence-electron chi connectivity index (χ2n) is 8.82. The number of halogens is 1. The Balaban J connectivity index is 1.98. The maximum atomic E-state index is 12.9. The molecule has 2 aliphatic rings. The van der Waals surface area contributed by atoms with Gasteiger partial charge >= 0.3 is 0 Å². The van der Waals surface area contributed by atoms with Crippen LogP contribution < -0.4 is 5.32 Å². The number of nitrogens with one attached hydrogen (secondary N) is 1. The topological polar surface area (TPSA) is 32.3 Å².